The molecule has 5 N–H and O–H groups in total. The molecule has 0 amide bonds. The molecule has 110 valence electrons. The van der Waals surface area contributed by atoms with Crippen LogP contribution in [-0.2, 0) is 6.54 Å². The molecule has 1 aliphatic heterocycles. The number of ether oxygens (including phenoxy) is 1. The maximum absolute atomic E-state index is 11.3. The van der Waals surface area contributed by atoms with Gasteiger partial charge in [0, 0.05) is 18.2 Å². The highest BCUT2D eigenvalue weighted by molar-refractivity contribution is 5.75. The molecule has 0 radical (unpaired) electrons. The van der Waals surface area contributed by atoms with Crippen molar-refractivity contribution in [1.29, 1.82) is 0 Å². The predicted molar refractivity (Wildman–Crippen MR) is 71.8 cm³/mol. The number of benzene rings is 2. The molecule has 0 spiro atoms. The van der Waals surface area contributed by atoms with Crippen LogP contribution in [0.1, 0.15) is 5.56 Å². The van der Waals surface area contributed by atoms with E-state index in [1.165, 1.54) is 6.07 Å². The van der Waals surface area contributed by atoms with Crippen molar-refractivity contribution in [3.63, 3.8) is 0 Å². The van der Waals surface area contributed by atoms with E-state index < -0.39 is 10.5 Å². The summed E-state index contributed by atoms with van der Waals surface area (Å²) >= 11 is 0. The maximum atomic E-state index is 11.3. The molecular formula is C13H13N3O5. The Labute approximate surface area is 119 Å². The van der Waals surface area contributed by atoms with Crippen LogP contribution in [0, 0.1) is 10.4 Å². The van der Waals surface area contributed by atoms with Crippen molar-refractivity contribution in [2.24, 2.45) is 0 Å². The van der Waals surface area contributed by atoms with Gasteiger partial charge in [0.1, 0.15) is 11.4 Å². The SMILES string of the molecule is [O-][NH+](O)c1cc2c(c([NH+]([O-])O)c1)NCc1ccccc1O2. The third-order valence-electron chi connectivity index (χ3n) is 3.23. The number of anilines is 1. The van der Waals surface area contributed by atoms with E-state index in [1.807, 2.05) is 12.1 Å². The van der Waals surface area contributed by atoms with E-state index in [-0.39, 0.29) is 22.8 Å². The normalized spacial score (nSPS) is 15.8. The largest absolute Gasteiger partial charge is 0.595 e. The smallest absolute Gasteiger partial charge is 0.197 e. The van der Waals surface area contributed by atoms with Crippen LogP contribution in [0.3, 0.4) is 0 Å². The molecule has 8 nitrogen and oxygen atoms in total. The number of hydrogen-bond acceptors (Lipinski definition) is 6. The second-order valence-electron chi connectivity index (χ2n) is 4.57. The lowest BCUT2D eigenvalue weighted by Gasteiger charge is -2.20. The van der Waals surface area contributed by atoms with Crippen LogP contribution in [0.2, 0.25) is 0 Å². The van der Waals surface area contributed by atoms with Crippen LogP contribution < -0.4 is 20.5 Å². The van der Waals surface area contributed by atoms with Crippen LogP contribution in [0.25, 0.3) is 0 Å². The lowest BCUT2D eigenvalue weighted by molar-refractivity contribution is -0.996. The Bertz CT molecular complexity index is 675. The van der Waals surface area contributed by atoms with Crippen molar-refractivity contribution < 1.29 is 25.6 Å². The fourth-order valence-corrected chi connectivity index (χ4v) is 2.22. The van der Waals surface area contributed by atoms with Crippen LogP contribution >= 0.6 is 0 Å². The summed E-state index contributed by atoms with van der Waals surface area (Å²) in [7, 11) is 0. The summed E-state index contributed by atoms with van der Waals surface area (Å²) in [6.07, 6.45) is 0. The molecule has 2 atom stereocenters. The predicted octanol–water partition coefficient (Wildman–Crippen LogP) is 0.211. The van der Waals surface area contributed by atoms with E-state index in [0.717, 1.165) is 11.6 Å². The Hall–Kier alpha value is -2.20. The number of rotatable bonds is 2. The topological polar surface area (TPSA) is 117 Å². The summed E-state index contributed by atoms with van der Waals surface area (Å²) in [5.74, 6) is 0.764. The van der Waals surface area contributed by atoms with E-state index in [1.54, 1.807) is 12.1 Å². The molecule has 0 saturated carbocycles. The molecule has 0 saturated heterocycles. The molecule has 0 aromatic heterocycles. The average molecular weight is 291 g/mol. The van der Waals surface area contributed by atoms with Gasteiger partial charge in [-0.15, -0.1) is 0 Å². The Morgan fingerprint density at radius 3 is 2.52 bits per heavy atom. The minimum Gasteiger partial charge on any atom is -0.595 e. The van der Waals surface area contributed by atoms with Crippen LogP contribution in [0.15, 0.2) is 36.4 Å². The summed E-state index contributed by atoms with van der Waals surface area (Å²) in [4.78, 5) is 0. The first-order chi connectivity index (χ1) is 10.1. The third kappa shape index (κ3) is 2.54. The Morgan fingerprint density at radius 1 is 1.05 bits per heavy atom. The molecular weight excluding hydrogens is 278 g/mol. The first kappa shape index (κ1) is 13.8. The second-order valence-corrected chi connectivity index (χ2v) is 4.57. The van der Waals surface area contributed by atoms with E-state index in [2.05, 4.69) is 5.32 Å². The van der Waals surface area contributed by atoms with Crippen LogP contribution in [-0.4, -0.2) is 10.4 Å². The van der Waals surface area contributed by atoms with Gasteiger partial charge in [-0.3, -0.25) is 0 Å². The maximum Gasteiger partial charge on any atom is 0.197 e. The monoisotopic (exact) mass is 291 g/mol. The molecule has 21 heavy (non-hydrogen) atoms. The van der Waals surface area contributed by atoms with Gasteiger partial charge in [0.15, 0.2) is 17.1 Å². The second kappa shape index (κ2) is 5.30. The van der Waals surface area contributed by atoms with Gasteiger partial charge in [-0.25, -0.2) is 10.4 Å². The van der Waals surface area contributed by atoms with Gasteiger partial charge >= 0.3 is 0 Å². The lowest BCUT2D eigenvalue weighted by Crippen LogP contribution is -3.00. The van der Waals surface area contributed by atoms with E-state index >= 15 is 0 Å². The zero-order valence-corrected chi connectivity index (χ0v) is 10.8. The molecule has 0 bridgehead atoms. The minimum atomic E-state index is -1.21. The number of hydrogen-bond donors (Lipinski definition) is 5. The van der Waals surface area contributed by atoms with Gasteiger partial charge in [-0.05, 0) is 6.07 Å². The van der Waals surface area contributed by atoms with Gasteiger partial charge in [-0.1, -0.05) is 18.2 Å². The zero-order valence-electron chi connectivity index (χ0n) is 10.8. The fourth-order valence-electron chi connectivity index (χ4n) is 2.22. The summed E-state index contributed by atoms with van der Waals surface area (Å²) in [5.41, 5.74) is 0.885. The minimum absolute atomic E-state index is 0.127. The van der Waals surface area contributed by atoms with Crippen molar-refractivity contribution in [1.82, 2.24) is 0 Å². The summed E-state index contributed by atoms with van der Waals surface area (Å²) < 4.78 is 5.69. The number of nitrogens with one attached hydrogen (secondary N) is 3. The molecule has 2 unspecified atom stereocenters. The van der Waals surface area contributed by atoms with Crippen LogP contribution in [0.4, 0.5) is 17.1 Å². The molecule has 8 heteroatoms. The number of fused-ring (bicyclic) bond motifs is 2. The van der Waals surface area contributed by atoms with Gasteiger partial charge in [0.25, 0.3) is 0 Å². The first-order valence-corrected chi connectivity index (χ1v) is 6.20. The van der Waals surface area contributed by atoms with E-state index in [9.17, 15) is 15.6 Å². The fraction of sp³-hybridized carbons (Fsp3) is 0.0769. The van der Waals surface area contributed by atoms with E-state index in [0.29, 0.717) is 12.3 Å². The summed E-state index contributed by atoms with van der Waals surface area (Å²) in [6.45, 7) is 0.399. The highest BCUT2D eigenvalue weighted by Crippen LogP contribution is 2.40. The Morgan fingerprint density at radius 2 is 1.81 bits per heavy atom. The quantitative estimate of drug-likeness (QED) is 0.505. The molecule has 3 rings (SSSR count). The highest BCUT2D eigenvalue weighted by atomic mass is 16.8. The summed E-state index contributed by atoms with van der Waals surface area (Å²) in [5, 5.41) is 41.4. The Kier molecular flexibility index (Phi) is 3.47. The number of quaternary nitrogens is 2. The van der Waals surface area contributed by atoms with Crippen molar-refractivity contribution in [3.05, 3.63) is 52.4 Å². The van der Waals surface area contributed by atoms with Crippen molar-refractivity contribution in [2.45, 2.75) is 6.54 Å². The molecule has 0 fully saturated rings. The Balaban J connectivity index is 2.14. The van der Waals surface area contributed by atoms with Gasteiger partial charge in [0.2, 0.25) is 0 Å². The van der Waals surface area contributed by atoms with Crippen molar-refractivity contribution in [2.75, 3.05) is 5.32 Å². The first-order valence-electron chi connectivity index (χ1n) is 6.20. The molecule has 1 aliphatic rings. The molecule has 1 heterocycles. The van der Waals surface area contributed by atoms with Gasteiger partial charge in [-0.2, -0.15) is 10.5 Å². The highest BCUT2D eigenvalue weighted by Gasteiger charge is 2.23. The molecule has 0 aliphatic carbocycles. The third-order valence-corrected chi connectivity index (χ3v) is 3.23. The average Bonchev–Trinajstić information content (AvgIpc) is 2.64. The zero-order chi connectivity index (χ0) is 15.0. The molecule has 2 aromatic carbocycles. The lowest BCUT2D eigenvalue weighted by atomic mass is 10.2. The van der Waals surface area contributed by atoms with Gasteiger partial charge in [0.05, 0.1) is 6.07 Å². The van der Waals surface area contributed by atoms with Crippen molar-refractivity contribution >= 4 is 17.1 Å². The number of para-hydroxylation sites is 1. The van der Waals surface area contributed by atoms with E-state index in [4.69, 9.17) is 9.94 Å². The standard InChI is InChI=1S/C13H13N3O5/c17-15(18)9-5-10(16(19)20)13-12(6-9)21-11-4-2-1-3-8(11)7-14-13/h1-6,14-17,19H,7H2. The van der Waals surface area contributed by atoms with Gasteiger partial charge < -0.3 is 20.5 Å². The van der Waals surface area contributed by atoms with Crippen LogP contribution in [0.5, 0.6) is 11.5 Å². The van der Waals surface area contributed by atoms with Crippen molar-refractivity contribution in [3.8, 4) is 11.5 Å². The molecule has 2 aromatic rings. The summed E-state index contributed by atoms with van der Waals surface area (Å²) in [6, 6.07) is 9.69.